The van der Waals surface area contributed by atoms with Crippen LogP contribution < -0.4 is 4.90 Å². The molecule has 2 aliphatic carbocycles. The minimum atomic E-state index is 0.429. The minimum absolute atomic E-state index is 0.429. The molecule has 3 aromatic carbocycles. The van der Waals surface area contributed by atoms with Crippen LogP contribution >= 0.6 is 0 Å². The molecule has 1 saturated carbocycles. The highest BCUT2D eigenvalue weighted by Gasteiger charge is 2.39. The molecular formula is C39H35N5. The van der Waals surface area contributed by atoms with E-state index in [1.54, 1.807) is 6.08 Å². The highest BCUT2D eigenvalue weighted by atomic mass is 15.3. The highest BCUT2D eigenvalue weighted by Crippen LogP contribution is 2.45. The lowest BCUT2D eigenvalue weighted by atomic mass is 9.91. The van der Waals surface area contributed by atoms with Crippen molar-refractivity contribution in [2.75, 3.05) is 4.90 Å². The molecule has 44 heavy (non-hydrogen) atoms. The molecule has 7 rings (SSSR count). The molecule has 2 unspecified atom stereocenters. The van der Waals surface area contributed by atoms with Gasteiger partial charge in [0, 0.05) is 51.8 Å². The smallest absolute Gasteiger partial charge is 0.132 e. The summed E-state index contributed by atoms with van der Waals surface area (Å²) >= 11 is 0. The molecule has 5 heteroatoms. The lowest BCUT2D eigenvalue weighted by Gasteiger charge is -2.31. The summed E-state index contributed by atoms with van der Waals surface area (Å²) in [6.45, 7) is 6.14. The molecule has 0 saturated heterocycles. The van der Waals surface area contributed by atoms with E-state index in [1.165, 1.54) is 49.1 Å². The van der Waals surface area contributed by atoms with Crippen molar-refractivity contribution in [1.82, 2.24) is 4.57 Å². The van der Waals surface area contributed by atoms with Crippen molar-refractivity contribution in [3.63, 3.8) is 0 Å². The van der Waals surface area contributed by atoms with Crippen molar-refractivity contribution in [3.05, 3.63) is 113 Å². The third-order valence-corrected chi connectivity index (χ3v) is 9.64. The predicted molar refractivity (Wildman–Crippen MR) is 180 cm³/mol. The van der Waals surface area contributed by atoms with Gasteiger partial charge in [-0.05, 0) is 97.8 Å². The number of rotatable bonds is 5. The maximum Gasteiger partial charge on any atom is 0.132 e. The monoisotopic (exact) mass is 573 g/mol. The summed E-state index contributed by atoms with van der Waals surface area (Å²) in [5, 5.41) is 20.2. The number of nitrogens with zero attached hydrogens (tertiary/aromatic N) is 5. The number of allylic oxidation sites excluding steroid dienone is 2. The van der Waals surface area contributed by atoms with E-state index in [2.05, 4.69) is 83.6 Å². The normalized spacial score (nSPS) is 19.7. The van der Waals surface area contributed by atoms with E-state index in [0.717, 1.165) is 51.1 Å². The van der Waals surface area contributed by atoms with Gasteiger partial charge in [-0.1, -0.05) is 56.2 Å². The lowest BCUT2D eigenvalue weighted by molar-refractivity contribution is 0.474. The van der Waals surface area contributed by atoms with Crippen LogP contribution in [0.1, 0.15) is 62.3 Å². The molecule has 3 aliphatic rings. The Balaban J connectivity index is 1.32. The Morgan fingerprint density at radius 2 is 1.66 bits per heavy atom. The molecule has 1 aliphatic heterocycles. The Kier molecular flexibility index (Phi) is 7.24. The van der Waals surface area contributed by atoms with Crippen molar-refractivity contribution in [2.24, 2.45) is 10.9 Å². The van der Waals surface area contributed by atoms with Gasteiger partial charge < -0.3 is 9.47 Å². The van der Waals surface area contributed by atoms with Crippen molar-refractivity contribution in [1.29, 1.82) is 10.5 Å². The second-order valence-electron chi connectivity index (χ2n) is 12.1. The summed E-state index contributed by atoms with van der Waals surface area (Å²) in [6, 6.07) is 28.5. The number of nitriles is 2. The number of aliphatic imine (C=N–C) groups is 1. The van der Waals surface area contributed by atoms with Gasteiger partial charge >= 0.3 is 0 Å². The van der Waals surface area contributed by atoms with Crippen molar-refractivity contribution < 1.29 is 0 Å². The summed E-state index contributed by atoms with van der Waals surface area (Å²) in [5.74, 6) is 1.60. The maximum atomic E-state index is 9.63. The molecule has 2 atom stereocenters. The van der Waals surface area contributed by atoms with Crippen LogP contribution in [0, 0.1) is 28.6 Å². The number of hydrogen-bond donors (Lipinski definition) is 0. The number of hydrogen-bond acceptors (Lipinski definition) is 4. The van der Waals surface area contributed by atoms with E-state index >= 15 is 0 Å². The van der Waals surface area contributed by atoms with E-state index in [0.29, 0.717) is 23.9 Å². The number of benzene rings is 3. The fraction of sp³-hybridized carbons (Fsp3) is 0.256. The Bertz CT molecular complexity index is 1970. The molecule has 1 fully saturated rings. The molecular weight excluding hydrogens is 538 g/mol. The summed E-state index contributed by atoms with van der Waals surface area (Å²) in [5.41, 5.74) is 10.6. The van der Waals surface area contributed by atoms with E-state index in [1.807, 2.05) is 30.5 Å². The van der Waals surface area contributed by atoms with Crippen molar-refractivity contribution >= 4 is 28.9 Å². The van der Waals surface area contributed by atoms with Gasteiger partial charge in [-0.2, -0.15) is 10.5 Å². The van der Waals surface area contributed by atoms with Crippen LogP contribution in [0.3, 0.4) is 0 Å². The Labute approximate surface area is 259 Å². The fourth-order valence-electron chi connectivity index (χ4n) is 7.60. The largest absolute Gasteiger partial charge is 0.323 e. The third-order valence-electron chi connectivity index (χ3n) is 9.64. The first-order valence-electron chi connectivity index (χ1n) is 15.7. The summed E-state index contributed by atoms with van der Waals surface area (Å²) in [4.78, 5) is 7.38. The minimum Gasteiger partial charge on any atom is -0.323 e. The fourth-order valence-corrected chi connectivity index (χ4v) is 7.60. The Morgan fingerprint density at radius 3 is 2.43 bits per heavy atom. The SMILES string of the molecule is C=CC=NC1=C(C)C2CCCCCC2N1c1cccc(-c2cccc(-n3c4c(c5cc(C#N)ccc53)C=C(C#N)CC4)c2)c1. The van der Waals surface area contributed by atoms with Gasteiger partial charge in [-0.3, -0.25) is 0 Å². The summed E-state index contributed by atoms with van der Waals surface area (Å²) in [7, 11) is 0. The van der Waals surface area contributed by atoms with E-state index < -0.39 is 0 Å². The van der Waals surface area contributed by atoms with E-state index in [9.17, 15) is 10.5 Å². The number of anilines is 1. The van der Waals surface area contributed by atoms with Gasteiger partial charge in [-0.15, -0.1) is 0 Å². The van der Waals surface area contributed by atoms with Gasteiger partial charge in [0.1, 0.15) is 5.82 Å². The molecule has 0 amide bonds. The number of fused-ring (bicyclic) bond motifs is 4. The molecule has 216 valence electrons. The number of aromatic nitrogens is 1. The van der Waals surface area contributed by atoms with Crippen LogP contribution in [0.25, 0.3) is 33.8 Å². The quantitative estimate of drug-likeness (QED) is 0.223. The highest BCUT2D eigenvalue weighted by molar-refractivity contribution is 5.95. The molecule has 0 radical (unpaired) electrons. The standard InChI is InChI=1S/C39H35N5/c1-3-19-42-39-26(2)33-13-5-4-6-14-36(33)44(39)32-12-8-10-30(23-32)29-9-7-11-31(22-29)43-37-17-15-27(24-40)20-34(37)35-21-28(25-41)16-18-38(35)43/h3,7-12,15,17,19-23,33,36H,1,4-6,13-14,16,18H2,2H3. The molecule has 0 bridgehead atoms. The van der Waals surface area contributed by atoms with Gasteiger partial charge in [0.2, 0.25) is 0 Å². The van der Waals surface area contributed by atoms with Crippen LogP contribution in [0.2, 0.25) is 0 Å². The zero-order chi connectivity index (χ0) is 30.2. The molecule has 2 heterocycles. The third kappa shape index (κ3) is 4.66. The summed E-state index contributed by atoms with van der Waals surface area (Å²) < 4.78 is 2.31. The average molecular weight is 574 g/mol. The second kappa shape index (κ2) is 11.5. The van der Waals surface area contributed by atoms with Gasteiger partial charge in [0.15, 0.2) is 0 Å². The molecule has 5 nitrogen and oxygen atoms in total. The molecule has 0 spiro atoms. The molecule has 0 N–H and O–H groups in total. The first-order chi connectivity index (χ1) is 21.6. The Hall–Kier alpha value is -5.13. The van der Waals surface area contributed by atoms with Gasteiger partial charge in [-0.25, -0.2) is 4.99 Å². The topological polar surface area (TPSA) is 68.1 Å². The van der Waals surface area contributed by atoms with Crippen LogP contribution in [-0.4, -0.2) is 16.8 Å². The van der Waals surface area contributed by atoms with Crippen LogP contribution in [0.4, 0.5) is 5.69 Å². The lowest BCUT2D eigenvalue weighted by Crippen LogP contribution is -2.33. The van der Waals surface area contributed by atoms with Crippen LogP contribution in [0.5, 0.6) is 0 Å². The second-order valence-corrected chi connectivity index (χ2v) is 12.1. The zero-order valence-electron chi connectivity index (χ0n) is 25.1. The van der Waals surface area contributed by atoms with Gasteiger partial charge in [0.25, 0.3) is 0 Å². The Morgan fingerprint density at radius 1 is 0.886 bits per heavy atom. The molecule has 1 aromatic heterocycles. The first-order valence-corrected chi connectivity index (χ1v) is 15.7. The van der Waals surface area contributed by atoms with Crippen molar-refractivity contribution in [3.8, 4) is 29.0 Å². The van der Waals surface area contributed by atoms with Crippen LogP contribution in [0.15, 0.2) is 101 Å². The van der Waals surface area contributed by atoms with Crippen LogP contribution in [-0.2, 0) is 6.42 Å². The first kappa shape index (κ1) is 27.7. The maximum absolute atomic E-state index is 9.63. The zero-order valence-corrected chi connectivity index (χ0v) is 25.1. The average Bonchev–Trinajstić information content (AvgIpc) is 3.39. The summed E-state index contributed by atoms with van der Waals surface area (Å²) in [6.07, 6.45) is 13.3. The van der Waals surface area contributed by atoms with E-state index in [-0.39, 0.29) is 0 Å². The predicted octanol–water partition coefficient (Wildman–Crippen LogP) is 9.28. The molecule has 4 aromatic rings. The van der Waals surface area contributed by atoms with Crippen molar-refractivity contribution in [2.45, 2.75) is 57.9 Å². The van der Waals surface area contributed by atoms with E-state index in [4.69, 9.17) is 4.99 Å². The van der Waals surface area contributed by atoms with Gasteiger partial charge in [0.05, 0.1) is 23.2 Å².